The lowest BCUT2D eigenvalue weighted by molar-refractivity contribution is -0.163. The molecule has 0 aromatic heterocycles. The third-order valence-electron chi connectivity index (χ3n) is 2.32. The van der Waals surface area contributed by atoms with Gasteiger partial charge in [-0.1, -0.05) is 6.92 Å². The molecule has 19 heavy (non-hydrogen) atoms. The maximum Gasteiger partial charge on any atom is 0.397 e. The number of carboxylic acid groups (broad SMARTS) is 2. The van der Waals surface area contributed by atoms with Crippen molar-refractivity contribution < 1.29 is 34.1 Å². The first-order valence-electron chi connectivity index (χ1n) is 5.69. The SMILES string of the molecule is CCCOC(=O)C(=O)N(C)C(CCC(=O)O)C(=O)O. The normalized spacial score (nSPS) is 11.5. The standard InChI is InChI=1S/C11H17NO7/c1-3-6-19-11(18)9(15)12(2)7(10(16)17)4-5-8(13)14/h7H,3-6H2,1-2H3,(H,13,14)(H,16,17). The average molecular weight is 275 g/mol. The summed E-state index contributed by atoms with van der Waals surface area (Å²) in [5, 5.41) is 17.4. The van der Waals surface area contributed by atoms with Gasteiger partial charge in [-0.3, -0.25) is 9.59 Å². The Morgan fingerprint density at radius 3 is 2.21 bits per heavy atom. The van der Waals surface area contributed by atoms with E-state index in [1.54, 1.807) is 6.92 Å². The Labute approximate surface area is 109 Å². The van der Waals surface area contributed by atoms with E-state index in [1.807, 2.05) is 0 Å². The highest BCUT2D eigenvalue weighted by molar-refractivity contribution is 6.32. The smallest absolute Gasteiger partial charge is 0.397 e. The molecule has 1 atom stereocenters. The summed E-state index contributed by atoms with van der Waals surface area (Å²) >= 11 is 0. The van der Waals surface area contributed by atoms with Gasteiger partial charge in [-0.05, 0) is 12.8 Å². The number of rotatable bonds is 7. The minimum Gasteiger partial charge on any atom is -0.481 e. The number of ether oxygens (including phenoxy) is 1. The highest BCUT2D eigenvalue weighted by Gasteiger charge is 2.31. The maximum atomic E-state index is 11.6. The lowest BCUT2D eigenvalue weighted by Crippen LogP contribution is -2.46. The molecular formula is C11H17NO7. The molecule has 0 aliphatic carbocycles. The number of hydrogen-bond acceptors (Lipinski definition) is 5. The molecule has 0 spiro atoms. The first kappa shape index (κ1) is 16.9. The fraction of sp³-hybridized carbons (Fsp3) is 0.636. The Morgan fingerprint density at radius 2 is 1.79 bits per heavy atom. The number of amides is 1. The van der Waals surface area contributed by atoms with Crippen LogP contribution in [0.3, 0.4) is 0 Å². The monoisotopic (exact) mass is 275 g/mol. The van der Waals surface area contributed by atoms with Gasteiger partial charge in [0.1, 0.15) is 6.04 Å². The molecule has 0 aliphatic rings. The van der Waals surface area contributed by atoms with Gasteiger partial charge in [0.05, 0.1) is 6.61 Å². The van der Waals surface area contributed by atoms with Gasteiger partial charge in [-0.25, -0.2) is 9.59 Å². The minimum absolute atomic E-state index is 0.0608. The molecule has 2 N–H and O–H groups in total. The largest absolute Gasteiger partial charge is 0.481 e. The fourth-order valence-corrected chi connectivity index (χ4v) is 1.29. The molecule has 0 saturated heterocycles. The Hall–Kier alpha value is -2.12. The predicted octanol–water partition coefficient (Wildman–Crippen LogP) is -0.284. The van der Waals surface area contributed by atoms with Crippen LogP contribution in [-0.2, 0) is 23.9 Å². The topological polar surface area (TPSA) is 121 Å². The second-order valence-corrected chi connectivity index (χ2v) is 3.84. The number of likely N-dealkylation sites (N-methyl/N-ethyl adjacent to an activating group) is 1. The van der Waals surface area contributed by atoms with E-state index in [1.165, 1.54) is 0 Å². The molecular weight excluding hydrogens is 258 g/mol. The van der Waals surface area contributed by atoms with Gasteiger partial charge in [0, 0.05) is 13.5 Å². The van der Waals surface area contributed by atoms with E-state index in [-0.39, 0.29) is 13.0 Å². The lowest BCUT2D eigenvalue weighted by Gasteiger charge is -2.23. The van der Waals surface area contributed by atoms with Crippen LogP contribution in [0.4, 0.5) is 0 Å². The van der Waals surface area contributed by atoms with Crippen molar-refractivity contribution in [3.63, 3.8) is 0 Å². The molecule has 8 heteroatoms. The van der Waals surface area contributed by atoms with Crippen molar-refractivity contribution in [3.8, 4) is 0 Å². The molecule has 0 rings (SSSR count). The second kappa shape index (κ2) is 8.06. The average Bonchev–Trinajstić information content (AvgIpc) is 2.34. The van der Waals surface area contributed by atoms with Crippen LogP contribution in [0.2, 0.25) is 0 Å². The van der Waals surface area contributed by atoms with Crippen molar-refractivity contribution in [2.75, 3.05) is 13.7 Å². The fourth-order valence-electron chi connectivity index (χ4n) is 1.29. The number of esters is 1. The van der Waals surface area contributed by atoms with Crippen molar-refractivity contribution in [2.45, 2.75) is 32.2 Å². The summed E-state index contributed by atoms with van der Waals surface area (Å²) in [7, 11) is 1.12. The quantitative estimate of drug-likeness (QED) is 0.484. The number of nitrogens with zero attached hydrogens (tertiary/aromatic N) is 1. The Bertz CT molecular complexity index is 366. The first-order chi connectivity index (χ1) is 8.81. The summed E-state index contributed by atoms with van der Waals surface area (Å²) in [4.78, 5) is 44.9. The van der Waals surface area contributed by atoms with Crippen LogP contribution in [0, 0.1) is 0 Å². The van der Waals surface area contributed by atoms with Crippen LogP contribution in [0.25, 0.3) is 0 Å². The number of carbonyl (C=O) groups is 4. The second-order valence-electron chi connectivity index (χ2n) is 3.84. The van der Waals surface area contributed by atoms with Gasteiger partial charge in [-0.2, -0.15) is 0 Å². The number of carboxylic acids is 2. The Morgan fingerprint density at radius 1 is 1.21 bits per heavy atom. The number of aliphatic carboxylic acids is 2. The third kappa shape index (κ3) is 5.84. The number of hydrogen-bond donors (Lipinski definition) is 2. The van der Waals surface area contributed by atoms with E-state index < -0.39 is 36.3 Å². The molecule has 108 valence electrons. The summed E-state index contributed by atoms with van der Waals surface area (Å²) in [6, 6.07) is -1.38. The van der Waals surface area contributed by atoms with Crippen LogP contribution in [0.5, 0.6) is 0 Å². The number of carbonyl (C=O) groups excluding carboxylic acids is 2. The van der Waals surface area contributed by atoms with E-state index in [4.69, 9.17) is 10.2 Å². The molecule has 0 radical (unpaired) electrons. The van der Waals surface area contributed by atoms with Crippen molar-refractivity contribution in [1.82, 2.24) is 4.90 Å². The van der Waals surface area contributed by atoms with E-state index in [0.29, 0.717) is 11.3 Å². The van der Waals surface area contributed by atoms with Crippen LogP contribution < -0.4 is 0 Å². The molecule has 0 aromatic carbocycles. The summed E-state index contributed by atoms with van der Waals surface area (Å²) in [6.45, 7) is 1.81. The van der Waals surface area contributed by atoms with Crippen molar-refractivity contribution in [3.05, 3.63) is 0 Å². The van der Waals surface area contributed by atoms with E-state index in [2.05, 4.69) is 4.74 Å². The molecule has 0 fully saturated rings. The van der Waals surface area contributed by atoms with Gasteiger partial charge >= 0.3 is 23.8 Å². The zero-order valence-corrected chi connectivity index (χ0v) is 10.8. The zero-order valence-electron chi connectivity index (χ0n) is 10.8. The van der Waals surface area contributed by atoms with Gasteiger partial charge in [0.15, 0.2) is 0 Å². The minimum atomic E-state index is -1.38. The molecule has 8 nitrogen and oxygen atoms in total. The van der Waals surface area contributed by atoms with Crippen molar-refractivity contribution >= 4 is 23.8 Å². The zero-order chi connectivity index (χ0) is 15.0. The summed E-state index contributed by atoms with van der Waals surface area (Å²) in [5.74, 6) is -4.81. The highest BCUT2D eigenvalue weighted by atomic mass is 16.5. The molecule has 1 amide bonds. The summed E-state index contributed by atoms with van der Waals surface area (Å²) in [6.07, 6.45) is -0.170. The molecule has 1 unspecified atom stereocenters. The lowest BCUT2D eigenvalue weighted by atomic mass is 10.1. The maximum absolute atomic E-state index is 11.6. The first-order valence-corrected chi connectivity index (χ1v) is 5.69. The van der Waals surface area contributed by atoms with Crippen molar-refractivity contribution in [1.29, 1.82) is 0 Å². The van der Waals surface area contributed by atoms with E-state index in [9.17, 15) is 19.2 Å². The molecule has 0 saturated carbocycles. The molecule has 0 bridgehead atoms. The van der Waals surface area contributed by atoms with Gasteiger partial charge < -0.3 is 19.8 Å². The Balaban J connectivity index is 4.65. The summed E-state index contributed by atoms with van der Waals surface area (Å²) in [5.41, 5.74) is 0. The van der Waals surface area contributed by atoms with Gasteiger partial charge in [0.25, 0.3) is 0 Å². The molecule has 0 heterocycles. The molecule has 0 aliphatic heterocycles. The third-order valence-corrected chi connectivity index (χ3v) is 2.32. The van der Waals surface area contributed by atoms with Gasteiger partial charge in [-0.15, -0.1) is 0 Å². The van der Waals surface area contributed by atoms with Crippen LogP contribution >= 0.6 is 0 Å². The summed E-state index contributed by atoms with van der Waals surface area (Å²) < 4.78 is 4.59. The predicted molar refractivity (Wildman–Crippen MR) is 62.3 cm³/mol. The van der Waals surface area contributed by atoms with Crippen LogP contribution in [0.1, 0.15) is 26.2 Å². The van der Waals surface area contributed by atoms with E-state index in [0.717, 1.165) is 7.05 Å². The Kier molecular flexibility index (Phi) is 7.16. The van der Waals surface area contributed by atoms with Gasteiger partial charge in [0.2, 0.25) is 0 Å². The van der Waals surface area contributed by atoms with E-state index >= 15 is 0 Å². The van der Waals surface area contributed by atoms with Crippen LogP contribution in [0.15, 0.2) is 0 Å². The molecule has 0 aromatic rings. The van der Waals surface area contributed by atoms with Crippen molar-refractivity contribution in [2.24, 2.45) is 0 Å². The highest BCUT2D eigenvalue weighted by Crippen LogP contribution is 2.07. The van der Waals surface area contributed by atoms with Crippen LogP contribution in [-0.4, -0.2) is 58.6 Å².